The largest absolute Gasteiger partial charge is 0.318 e. The molecule has 0 saturated carbocycles. The number of amides is 1. The third-order valence-corrected chi connectivity index (χ3v) is 4.58. The fraction of sp³-hybridized carbons (Fsp3) is 0.333. The molecule has 0 bridgehead atoms. The molecule has 0 spiro atoms. The van der Waals surface area contributed by atoms with Gasteiger partial charge in [0.05, 0.1) is 11.9 Å². The van der Waals surface area contributed by atoms with Gasteiger partial charge in [0.2, 0.25) is 0 Å². The number of para-hydroxylation sites is 1. The van der Waals surface area contributed by atoms with E-state index in [1.54, 1.807) is 18.2 Å². The van der Waals surface area contributed by atoms with Gasteiger partial charge in [0.15, 0.2) is 6.04 Å². The molecular formula is C18H23FN4O+2. The van der Waals surface area contributed by atoms with Gasteiger partial charge in [-0.3, -0.25) is 9.69 Å². The Hall–Kier alpha value is -2.47. The van der Waals surface area contributed by atoms with Gasteiger partial charge in [-0.1, -0.05) is 18.2 Å². The van der Waals surface area contributed by atoms with Crippen LogP contribution in [0.25, 0.3) is 0 Å². The lowest BCUT2D eigenvalue weighted by Gasteiger charge is -2.31. The first-order valence-electron chi connectivity index (χ1n) is 8.27. The Morgan fingerprint density at radius 3 is 2.58 bits per heavy atom. The Kier molecular flexibility index (Phi) is 5.05. The average molecular weight is 330 g/mol. The van der Waals surface area contributed by atoms with E-state index in [4.69, 9.17) is 0 Å². The van der Waals surface area contributed by atoms with Crippen molar-refractivity contribution < 1.29 is 19.1 Å². The number of nitrogens with one attached hydrogen (secondary N) is 3. The number of pyridine rings is 1. The maximum atomic E-state index is 13.7. The van der Waals surface area contributed by atoms with E-state index >= 15 is 0 Å². The van der Waals surface area contributed by atoms with Crippen molar-refractivity contribution in [3.05, 3.63) is 54.5 Å². The van der Waals surface area contributed by atoms with Crippen LogP contribution < -0.4 is 20.1 Å². The predicted molar refractivity (Wildman–Crippen MR) is 90.4 cm³/mol. The highest BCUT2D eigenvalue weighted by Crippen LogP contribution is 2.12. The van der Waals surface area contributed by atoms with Crippen LogP contribution >= 0.6 is 0 Å². The highest BCUT2D eigenvalue weighted by Gasteiger charge is 2.32. The second-order valence-electron chi connectivity index (χ2n) is 6.08. The van der Waals surface area contributed by atoms with Crippen molar-refractivity contribution in [2.24, 2.45) is 0 Å². The third kappa shape index (κ3) is 3.71. The molecule has 1 aromatic carbocycles. The zero-order valence-corrected chi connectivity index (χ0v) is 13.8. The number of H-pyrrole nitrogens is 1. The van der Waals surface area contributed by atoms with Crippen molar-refractivity contribution >= 4 is 17.4 Å². The van der Waals surface area contributed by atoms with Gasteiger partial charge in [-0.15, -0.1) is 0 Å². The number of anilines is 2. The highest BCUT2D eigenvalue weighted by molar-refractivity contribution is 5.93. The van der Waals surface area contributed by atoms with E-state index in [1.165, 1.54) is 11.0 Å². The summed E-state index contributed by atoms with van der Waals surface area (Å²) >= 11 is 0. The molecule has 1 saturated heterocycles. The monoisotopic (exact) mass is 330 g/mol. The number of rotatable bonds is 4. The zero-order chi connectivity index (χ0) is 16.9. The number of hydrogen-bond acceptors (Lipinski definition) is 2. The smallest absolute Gasteiger partial charge is 0.282 e. The normalized spacial score (nSPS) is 16.7. The highest BCUT2D eigenvalue weighted by atomic mass is 19.1. The van der Waals surface area contributed by atoms with Crippen molar-refractivity contribution in [1.29, 1.82) is 0 Å². The van der Waals surface area contributed by atoms with Gasteiger partial charge >= 0.3 is 0 Å². The van der Waals surface area contributed by atoms with Gasteiger partial charge in [0, 0.05) is 6.07 Å². The molecule has 2 aromatic rings. The number of hydrogen-bond donors (Lipinski definition) is 2. The van der Waals surface area contributed by atoms with Gasteiger partial charge in [-0.2, -0.15) is 0 Å². The Balaban J connectivity index is 1.56. The first-order valence-corrected chi connectivity index (χ1v) is 8.27. The van der Waals surface area contributed by atoms with Crippen LogP contribution in [0.1, 0.15) is 6.92 Å². The molecule has 126 valence electrons. The zero-order valence-electron chi connectivity index (χ0n) is 13.8. The van der Waals surface area contributed by atoms with Crippen LogP contribution in [0.4, 0.5) is 15.9 Å². The third-order valence-electron chi connectivity index (χ3n) is 4.58. The summed E-state index contributed by atoms with van der Waals surface area (Å²) in [5, 5.41) is 2.70. The minimum atomic E-state index is -0.405. The summed E-state index contributed by atoms with van der Waals surface area (Å²) in [5.74, 6) is 0.548. The minimum Gasteiger partial charge on any atom is -0.318 e. The number of aromatic amines is 1. The number of halogens is 1. The number of carbonyl (C=O) groups excluding carboxylic acids is 1. The van der Waals surface area contributed by atoms with Gasteiger partial charge in [-0.05, 0) is 25.1 Å². The van der Waals surface area contributed by atoms with E-state index in [-0.39, 0.29) is 17.6 Å². The van der Waals surface area contributed by atoms with E-state index < -0.39 is 5.82 Å². The Morgan fingerprint density at radius 1 is 1.21 bits per heavy atom. The van der Waals surface area contributed by atoms with Crippen LogP contribution in [-0.2, 0) is 4.79 Å². The Labute approximate surface area is 141 Å². The molecular weight excluding hydrogens is 307 g/mol. The van der Waals surface area contributed by atoms with Crippen molar-refractivity contribution in [3.63, 3.8) is 0 Å². The van der Waals surface area contributed by atoms with Crippen LogP contribution in [0.3, 0.4) is 0 Å². The molecule has 1 amide bonds. The summed E-state index contributed by atoms with van der Waals surface area (Å²) in [4.78, 5) is 19.1. The minimum absolute atomic E-state index is 0.144. The van der Waals surface area contributed by atoms with Crippen LogP contribution in [0.2, 0.25) is 0 Å². The van der Waals surface area contributed by atoms with Crippen molar-refractivity contribution in [1.82, 2.24) is 0 Å². The van der Waals surface area contributed by atoms with E-state index in [9.17, 15) is 9.18 Å². The molecule has 1 atom stereocenters. The lowest BCUT2D eigenvalue weighted by Crippen LogP contribution is -3.19. The molecule has 0 aliphatic carbocycles. The number of nitrogens with zero attached hydrogens (tertiary/aromatic N) is 1. The van der Waals surface area contributed by atoms with Crippen LogP contribution in [-0.4, -0.2) is 38.1 Å². The molecule has 5 nitrogen and oxygen atoms in total. The quantitative estimate of drug-likeness (QED) is 0.851. The van der Waals surface area contributed by atoms with E-state index in [2.05, 4.69) is 21.3 Å². The molecule has 1 fully saturated rings. The lowest BCUT2D eigenvalue weighted by atomic mass is 10.2. The van der Waals surface area contributed by atoms with Crippen LogP contribution in [0.5, 0.6) is 0 Å². The molecule has 1 aromatic heterocycles. The predicted octanol–water partition coefficient (Wildman–Crippen LogP) is 0.372. The van der Waals surface area contributed by atoms with E-state index in [0.717, 1.165) is 32.0 Å². The molecule has 0 radical (unpaired) electrons. The Bertz CT molecular complexity index is 686. The number of benzene rings is 1. The number of aromatic nitrogens is 1. The van der Waals surface area contributed by atoms with Crippen LogP contribution in [0.15, 0.2) is 48.7 Å². The summed E-state index contributed by atoms with van der Waals surface area (Å²) in [5.41, 5.74) is 0.242. The molecule has 3 rings (SSSR count). The number of quaternary nitrogens is 1. The fourth-order valence-electron chi connectivity index (χ4n) is 3.04. The SMILES string of the molecule is C[C@H](C(=O)Nc1ccccc1F)[NH+]1CCN(c2cccc[nH+]2)CC1. The molecule has 1 aliphatic heterocycles. The van der Waals surface area contributed by atoms with Gasteiger partial charge in [0.25, 0.3) is 11.7 Å². The second-order valence-corrected chi connectivity index (χ2v) is 6.08. The van der Waals surface area contributed by atoms with Gasteiger partial charge in [-0.25, -0.2) is 9.37 Å². The first-order chi connectivity index (χ1) is 11.6. The van der Waals surface area contributed by atoms with Gasteiger partial charge in [0.1, 0.15) is 32.0 Å². The maximum absolute atomic E-state index is 13.7. The fourth-order valence-corrected chi connectivity index (χ4v) is 3.04. The molecule has 6 heteroatoms. The summed E-state index contributed by atoms with van der Waals surface area (Å²) in [6.07, 6.45) is 1.92. The number of carbonyl (C=O) groups is 1. The van der Waals surface area contributed by atoms with Crippen molar-refractivity contribution in [3.8, 4) is 0 Å². The summed E-state index contributed by atoms with van der Waals surface area (Å²) in [6, 6.07) is 12.1. The molecule has 24 heavy (non-hydrogen) atoms. The van der Waals surface area contributed by atoms with E-state index in [1.807, 2.05) is 25.3 Å². The topological polar surface area (TPSA) is 50.9 Å². The van der Waals surface area contributed by atoms with Crippen LogP contribution in [0, 0.1) is 5.82 Å². The average Bonchev–Trinajstić information content (AvgIpc) is 2.64. The lowest BCUT2D eigenvalue weighted by molar-refractivity contribution is -0.914. The van der Waals surface area contributed by atoms with Crippen molar-refractivity contribution in [2.75, 3.05) is 36.4 Å². The summed E-state index contributed by atoms with van der Waals surface area (Å²) in [7, 11) is 0. The summed E-state index contributed by atoms with van der Waals surface area (Å²) in [6.45, 7) is 5.40. The summed E-state index contributed by atoms with van der Waals surface area (Å²) < 4.78 is 13.7. The van der Waals surface area contributed by atoms with E-state index in [0.29, 0.717) is 0 Å². The molecule has 0 unspecified atom stereocenters. The second kappa shape index (κ2) is 7.40. The molecule has 3 N–H and O–H groups in total. The number of piperazine rings is 1. The molecule has 1 aliphatic rings. The van der Waals surface area contributed by atoms with Crippen molar-refractivity contribution in [2.45, 2.75) is 13.0 Å². The maximum Gasteiger partial charge on any atom is 0.282 e. The standard InChI is InChI=1S/C18H21FN4O/c1-14(18(24)21-16-7-3-2-6-15(16)19)22-10-12-23(13-11-22)17-8-4-5-9-20-17/h2-9,14H,10-13H2,1H3,(H,21,24)/p+2/t14-/m1/s1. The Morgan fingerprint density at radius 2 is 1.92 bits per heavy atom. The first kappa shape index (κ1) is 16.4. The molecule has 2 heterocycles. The van der Waals surface area contributed by atoms with Gasteiger partial charge < -0.3 is 10.2 Å².